The summed E-state index contributed by atoms with van der Waals surface area (Å²) in [4.78, 5) is 4.45. The van der Waals surface area contributed by atoms with Gasteiger partial charge in [0.15, 0.2) is 0 Å². The molecule has 96 valence electrons. The first kappa shape index (κ1) is 12.5. The van der Waals surface area contributed by atoms with E-state index in [1.807, 2.05) is 6.20 Å². The molecule has 1 aromatic rings. The standard InChI is InChI=1S/C14H25N3/c1-11(2)10-17-9-8-15-13(17)16-12-6-5-7-14(12,3)4/h8-9,11-12H,5-7,10H2,1-4H3,(H,15,16). The van der Waals surface area contributed by atoms with Gasteiger partial charge in [0.1, 0.15) is 0 Å². The molecule has 1 fully saturated rings. The Bertz CT molecular complexity index is 365. The van der Waals surface area contributed by atoms with Gasteiger partial charge in [-0.25, -0.2) is 4.98 Å². The number of nitrogens with zero attached hydrogens (tertiary/aromatic N) is 2. The molecular weight excluding hydrogens is 210 g/mol. The molecule has 1 aliphatic rings. The summed E-state index contributed by atoms with van der Waals surface area (Å²) >= 11 is 0. The van der Waals surface area contributed by atoms with Gasteiger partial charge in [-0.2, -0.15) is 0 Å². The van der Waals surface area contributed by atoms with Crippen molar-refractivity contribution in [2.24, 2.45) is 11.3 Å². The molecular formula is C14H25N3. The topological polar surface area (TPSA) is 29.9 Å². The van der Waals surface area contributed by atoms with Gasteiger partial charge in [0.05, 0.1) is 0 Å². The Kier molecular flexibility index (Phi) is 3.45. The molecule has 1 saturated carbocycles. The number of anilines is 1. The maximum atomic E-state index is 4.45. The van der Waals surface area contributed by atoms with Gasteiger partial charge in [-0.05, 0) is 24.2 Å². The Labute approximate surface area is 105 Å². The molecule has 3 nitrogen and oxygen atoms in total. The highest BCUT2D eigenvalue weighted by Crippen LogP contribution is 2.38. The number of hydrogen-bond acceptors (Lipinski definition) is 2. The fourth-order valence-corrected chi connectivity index (χ4v) is 2.74. The summed E-state index contributed by atoms with van der Waals surface area (Å²) in [5.41, 5.74) is 0.397. The monoisotopic (exact) mass is 235 g/mol. The van der Waals surface area contributed by atoms with Gasteiger partial charge in [-0.15, -0.1) is 0 Å². The highest BCUT2D eigenvalue weighted by atomic mass is 15.2. The maximum Gasteiger partial charge on any atom is 0.203 e. The number of imidazole rings is 1. The molecule has 17 heavy (non-hydrogen) atoms. The Hall–Kier alpha value is -0.990. The minimum atomic E-state index is 0.397. The molecule has 1 unspecified atom stereocenters. The van der Waals surface area contributed by atoms with Crippen LogP contribution in [0, 0.1) is 11.3 Å². The molecule has 0 aliphatic heterocycles. The van der Waals surface area contributed by atoms with Crippen molar-refractivity contribution in [2.75, 3.05) is 5.32 Å². The number of nitrogens with one attached hydrogen (secondary N) is 1. The van der Waals surface area contributed by atoms with Crippen LogP contribution in [-0.2, 0) is 6.54 Å². The largest absolute Gasteiger partial charge is 0.352 e. The zero-order chi connectivity index (χ0) is 12.5. The van der Waals surface area contributed by atoms with E-state index in [1.165, 1.54) is 19.3 Å². The minimum absolute atomic E-state index is 0.397. The molecule has 1 aliphatic carbocycles. The van der Waals surface area contributed by atoms with E-state index in [9.17, 15) is 0 Å². The summed E-state index contributed by atoms with van der Waals surface area (Å²) in [6.45, 7) is 10.2. The fraction of sp³-hybridized carbons (Fsp3) is 0.786. The molecule has 1 aromatic heterocycles. The van der Waals surface area contributed by atoms with Crippen LogP contribution in [0.4, 0.5) is 5.95 Å². The summed E-state index contributed by atoms with van der Waals surface area (Å²) in [6.07, 6.45) is 7.88. The summed E-state index contributed by atoms with van der Waals surface area (Å²) < 4.78 is 2.24. The summed E-state index contributed by atoms with van der Waals surface area (Å²) in [5, 5.41) is 3.64. The van der Waals surface area contributed by atoms with Crippen LogP contribution in [0.25, 0.3) is 0 Å². The van der Waals surface area contributed by atoms with Crippen molar-refractivity contribution in [1.82, 2.24) is 9.55 Å². The second-order valence-electron chi connectivity index (χ2n) is 6.37. The molecule has 3 heteroatoms. The predicted octanol–water partition coefficient (Wildman–Crippen LogP) is 3.53. The Balaban J connectivity index is 2.06. The minimum Gasteiger partial charge on any atom is -0.352 e. The molecule has 0 bridgehead atoms. The zero-order valence-electron chi connectivity index (χ0n) is 11.5. The van der Waals surface area contributed by atoms with Crippen LogP contribution in [0.1, 0.15) is 47.0 Å². The molecule has 0 aromatic carbocycles. The van der Waals surface area contributed by atoms with Gasteiger partial charge in [-0.1, -0.05) is 34.1 Å². The highest BCUT2D eigenvalue weighted by Gasteiger charge is 2.34. The van der Waals surface area contributed by atoms with Crippen molar-refractivity contribution in [3.05, 3.63) is 12.4 Å². The van der Waals surface area contributed by atoms with Crippen molar-refractivity contribution in [1.29, 1.82) is 0 Å². The van der Waals surface area contributed by atoms with Crippen molar-refractivity contribution in [3.63, 3.8) is 0 Å². The van der Waals surface area contributed by atoms with Gasteiger partial charge < -0.3 is 9.88 Å². The van der Waals surface area contributed by atoms with E-state index < -0.39 is 0 Å². The van der Waals surface area contributed by atoms with Crippen LogP contribution in [0.3, 0.4) is 0 Å². The molecule has 0 spiro atoms. The average Bonchev–Trinajstić information content (AvgIpc) is 2.75. The summed E-state index contributed by atoms with van der Waals surface area (Å²) in [5.74, 6) is 1.69. The van der Waals surface area contributed by atoms with Crippen LogP contribution in [0.2, 0.25) is 0 Å². The average molecular weight is 235 g/mol. The lowest BCUT2D eigenvalue weighted by atomic mass is 9.87. The second-order valence-corrected chi connectivity index (χ2v) is 6.37. The van der Waals surface area contributed by atoms with E-state index in [4.69, 9.17) is 0 Å². The van der Waals surface area contributed by atoms with Gasteiger partial charge >= 0.3 is 0 Å². The Morgan fingerprint density at radius 1 is 1.53 bits per heavy atom. The molecule has 2 rings (SSSR count). The van der Waals surface area contributed by atoms with E-state index in [1.54, 1.807) is 0 Å². The molecule has 0 saturated heterocycles. The first-order valence-corrected chi connectivity index (χ1v) is 6.77. The van der Waals surface area contributed by atoms with Crippen LogP contribution in [0.5, 0.6) is 0 Å². The quantitative estimate of drug-likeness (QED) is 0.865. The normalized spacial score (nSPS) is 23.2. The smallest absolute Gasteiger partial charge is 0.203 e. The van der Waals surface area contributed by atoms with E-state index in [2.05, 4.69) is 48.8 Å². The highest BCUT2D eigenvalue weighted by molar-refractivity contribution is 5.29. The first-order valence-electron chi connectivity index (χ1n) is 6.77. The predicted molar refractivity (Wildman–Crippen MR) is 72.1 cm³/mol. The molecule has 1 N–H and O–H groups in total. The number of hydrogen-bond donors (Lipinski definition) is 1. The van der Waals surface area contributed by atoms with Gasteiger partial charge in [0.25, 0.3) is 0 Å². The number of rotatable bonds is 4. The summed E-state index contributed by atoms with van der Waals surface area (Å²) in [6, 6.07) is 0.566. The van der Waals surface area contributed by atoms with Gasteiger partial charge in [-0.3, -0.25) is 0 Å². The molecule has 1 heterocycles. The lowest BCUT2D eigenvalue weighted by Gasteiger charge is -2.28. The van der Waals surface area contributed by atoms with Gasteiger partial charge in [0, 0.05) is 25.0 Å². The van der Waals surface area contributed by atoms with Crippen molar-refractivity contribution in [2.45, 2.75) is 59.5 Å². The van der Waals surface area contributed by atoms with Crippen molar-refractivity contribution < 1.29 is 0 Å². The summed E-state index contributed by atoms with van der Waals surface area (Å²) in [7, 11) is 0. The zero-order valence-corrected chi connectivity index (χ0v) is 11.5. The molecule has 0 amide bonds. The van der Waals surface area contributed by atoms with Crippen LogP contribution < -0.4 is 5.32 Å². The maximum absolute atomic E-state index is 4.45. The van der Waals surface area contributed by atoms with Crippen molar-refractivity contribution >= 4 is 5.95 Å². The third kappa shape index (κ3) is 2.82. The SMILES string of the molecule is CC(C)Cn1ccnc1NC1CCCC1(C)C. The van der Waals surface area contributed by atoms with E-state index in [0.29, 0.717) is 17.4 Å². The Morgan fingerprint density at radius 2 is 2.29 bits per heavy atom. The Morgan fingerprint density at radius 3 is 2.88 bits per heavy atom. The molecule has 1 atom stereocenters. The number of aromatic nitrogens is 2. The van der Waals surface area contributed by atoms with Crippen LogP contribution >= 0.6 is 0 Å². The van der Waals surface area contributed by atoms with E-state index in [0.717, 1.165) is 12.5 Å². The lowest BCUT2D eigenvalue weighted by molar-refractivity contribution is 0.347. The van der Waals surface area contributed by atoms with E-state index >= 15 is 0 Å². The third-order valence-corrected chi connectivity index (χ3v) is 3.84. The van der Waals surface area contributed by atoms with Crippen LogP contribution in [0.15, 0.2) is 12.4 Å². The first-order chi connectivity index (χ1) is 7.99. The fourth-order valence-electron chi connectivity index (χ4n) is 2.74. The van der Waals surface area contributed by atoms with Crippen LogP contribution in [-0.4, -0.2) is 15.6 Å². The third-order valence-electron chi connectivity index (χ3n) is 3.84. The lowest BCUT2D eigenvalue weighted by Crippen LogP contribution is -2.32. The molecule has 0 radical (unpaired) electrons. The van der Waals surface area contributed by atoms with E-state index in [-0.39, 0.29) is 0 Å². The van der Waals surface area contributed by atoms with Gasteiger partial charge in [0.2, 0.25) is 5.95 Å². The van der Waals surface area contributed by atoms with Crippen molar-refractivity contribution in [3.8, 4) is 0 Å². The second kappa shape index (κ2) is 4.71.